The largest absolute Gasteiger partial charge is 0.357 e. The van der Waals surface area contributed by atoms with E-state index in [-0.39, 0.29) is 0 Å². The van der Waals surface area contributed by atoms with Crippen molar-refractivity contribution in [2.45, 2.75) is 26.3 Å². The van der Waals surface area contributed by atoms with Gasteiger partial charge in [-0.3, -0.25) is 0 Å². The van der Waals surface area contributed by atoms with Gasteiger partial charge in [-0.1, -0.05) is 18.2 Å². The number of hydrogen-bond donors (Lipinski definition) is 1. The van der Waals surface area contributed by atoms with Crippen LogP contribution in [0.3, 0.4) is 0 Å². The SMILES string of the molecule is CNc1ncc(C)c(N2c3ccccc3CC2C)n1. The van der Waals surface area contributed by atoms with Gasteiger partial charge < -0.3 is 10.2 Å². The van der Waals surface area contributed by atoms with E-state index in [9.17, 15) is 0 Å². The molecule has 0 bridgehead atoms. The molecule has 1 unspecified atom stereocenters. The Morgan fingerprint density at radius 1 is 1.32 bits per heavy atom. The van der Waals surface area contributed by atoms with Crippen molar-refractivity contribution in [3.63, 3.8) is 0 Å². The van der Waals surface area contributed by atoms with E-state index in [0.717, 1.165) is 17.8 Å². The molecule has 1 aromatic carbocycles. The summed E-state index contributed by atoms with van der Waals surface area (Å²) in [7, 11) is 1.84. The molecule has 1 aliphatic rings. The third-order valence-electron chi connectivity index (χ3n) is 3.60. The maximum Gasteiger partial charge on any atom is 0.224 e. The minimum atomic E-state index is 0.427. The molecule has 0 aliphatic carbocycles. The summed E-state index contributed by atoms with van der Waals surface area (Å²) >= 11 is 0. The third-order valence-corrected chi connectivity index (χ3v) is 3.60. The summed E-state index contributed by atoms with van der Waals surface area (Å²) < 4.78 is 0. The summed E-state index contributed by atoms with van der Waals surface area (Å²) in [5.74, 6) is 1.66. The Kier molecular flexibility index (Phi) is 2.85. The molecule has 19 heavy (non-hydrogen) atoms. The lowest BCUT2D eigenvalue weighted by Crippen LogP contribution is -2.26. The van der Waals surface area contributed by atoms with Gasteiger partial charge in [-0.25, -0.2) is 4.98 Å². The van der Waals surface area contributed by atoms with Crippen molar-refractivity contribution >= 4 is 17.5 Å². The fourth-order valence-corrected chi connectivity index (χ4v) is 2.69. The molecule has 0 saturated carbocycles. The van der Waals surface area contributed by atoms with Crippen LogP contribution in [0.15, 0.2) is 30.5 Å². The van der Waals surface area contributed by atoms with Crippen molar-refractivity contribution in [3.8, 4) is 0 Å². The van der Waals surface area contributed by atoms with Gasteiger partial charge in [-0.15, -0.1) is 0 Å². The Morgan fingerprint density at radius 2 is 2.11 bits per heavy atom. The first-order valence-corrected chi connectivity index (χ1v) is 6.59. The number of aryl methyl sites for hydroxylation is 1. The van der Waals surface area contributed by atoms with Crippen molar-refractivity contribution < 1.29 is 0 Å². The monoisotopic (exact) mass is 254 g/mol. The first kappa shape index (κ1) is 12.0. The van der Waals surface area contributed by atoms with Crippen molar-refractivity contribution in [3.05, 3.63) is 41.6 Å². The molecule has 0 amide bonds. The predicted octanol–water partition coefficient (Wildman–Crippen LogP) is 2.91. The molecule has 1 aromatic heterocycles. The highest BCUT2D eigenvalue weighted by Gasteiger charge is 2.28. The molecule has 1 aliphatic heterocycles. The van der Waals surface area contributed by atoms with E-state index in [1.165, 1.54) is 11.3 Å². The van der Waals surface area contributed by atoms with Crippen LogP contribution in [0.2, 0.25) is 0 Å². The van der Waals surface area contributed by atoms with E-state index in [2.05, 4.69) is 58.3 Å². The molecule has 2 aromatic rings. The lowest BCUT2D eigenvalue weighted by molar-refractivity contribution is 0.747. The van der Waals surface area contributed by atoms with Crippen LogP contribution in [-0.4, -0.2) is 23.1 Å². The molecule has 4 heteroatoms. The van der Waals surface area contributed by atoms with Gasteiger partial charge in [-0.05, 0) is 31.9 Å². The van der Waals surface area contributed by atoms with Gasteiger partial charge >= 0.3 is 0 Å². The van der Waals surface area contributed by atoms with E-state index in [0.29, 0.717) is 12.0 Å². The number of nitrogens with zero attached hydrogens (tertiary/aromatic N) is 3. The van der Waals surface area contributed by atoms with Gasteiger partial charge in [0.2, 0.25) is 5.95 Å². The summed E-state index contributed by atoms with van der Waals surface area (Å²) in [6, 6.07) is 8.97. The van der Waals surface area contributed by atoms with Gasteiger partial charge in [0.1, 0.15) is 5.82 Å². The second kappa shape index (κ2) is 4.53. The quantitative estimate of drug-likeness (QED) is 0.894. The maximum absolute atomic E-state index is 4.63. The number of para-hydroxylation sites is 1. The number of anilines is 3. The smallest absolute Gasteiger partial charge is 0.224 e. The molecule has 0 radical (unpaired) electrons. The number of aromatic nitrogens is 2. The Morgan fingerprint density at radius 3 is 2.89 bits per heavy atom. The second-order valence-corrected chi connectivity index (χ2v) is 5.00. The molecule has 3 rings (SSSR count). The molecule has 2 heterocycles. The van der Waals surface area contributed by atoms with E-state index < -0.39 is 0 Å². The lowest BCUT2D eigenvalue weighted by Gasteiger charge is -2.25. The minimum Gasteiger partial charge on any atom is -0.357 e. The summed E-state index contributed by atoms with van der Waals surface area (Å²) in [5, 5.41) is 3.01. The summed E-state index contributed by atoms with van der Waals surface area (Å²) in [6.07, 6.45) is 2.94. The Bertz CT molecular complexity index is 609. The van der Waals surface area contributed by atoms with E-state index >= 15 is 0 Å². The first-order chi connectivity index (χ1) is 9.20. The molecule has 0 saturated heterocycles. The number of benzene rings is 1. The number of nitrogens with one attached hydrogen (secondary N) is 1. The fraction of sp³-hybridized carbons (Fsp3) is 0.333. The van der Waals surface area contributed by atoms with Crippen molar-refractivity contribution in [1.29, 1.82) is 0 Å². The number of hydrogen-bond acceptors (Lipinski definition) is 4. The predicted molar refractivity (Wildman–Crippen MR) is 78.1 cm³/mol. The highest BCUT2D eigenvalue weighted by molar-refractivity contribution is 5.70. The fourth-order valence-electron chi connectivity index (χ4n) is 2.69. The lowest BCUT2D eigenvalue weighted by atomic mass is 10.1. The Hall–Kier alpha value is -2.10. The molecule has 0 fully saturated rings. The minimum absolute atomic E-state index is 0.427. The number of fused-ring (bicyclic) bond motifs is 1. The normalized spacial score (nSPS) is 17.4. The Balaban J connectivity index is 2.12. The average molecular weight is 254 g/mol. The second-order valence-electron chi connectivity index (χ2n) is 5.00. The third kappa shape index (κ3) is 1.93. The standard InChI is InChI=1S/C15H18N4/c1-10-9-17-15(16-3)18-14(10)19-11(2)8-12-6-4-5-7-13(12)19/h4-7,9,11H,8H2,1-3H3,(H,16,17,18). The molecule has 1 atom stereocenters. The topological polar surface area (TPSA) is 41.1 Å². The summed E-state index contributed by atoms with van der Waals surface area (Å²) in [6.45, 7) is 4.29. The van der Waals surface area contributed by atoms with Crippen LogP contribution in [0.25, 0.3) is 0 Å². The van der Waals surface area contributed by atoms with Crippen LogP contribution in [0.1, 0.15) is 18.1 Å². The van der Waals surface area contributed by atoms with E-state index in [1.807, 2.05) is 13.2 Å². The Labute approximate surface area is 113 Å². The maximum atomic E-state index is 4.63. The zero-order chi connectivity index (χ0) is 13.4. The van der Waals surface area contributed by atoms with Gasteiger partial charge in [-0.2, -0.15) is 4.98 Å². The van der Waals surface area contributed by atoms with Crippen molar-refractivity contribution in [1.82, 2.24) is 9.97 Å². The molecule has 0 spiro atoms. The molecule has 98 valence electrons. The highest BCUT2D eigenvalue weighted by Crippen LogP contribution is 2.38. The van der Waals surface area contributed by atoms with Crippen molar-refractivity contribution in [2.75, 3.05) is 17.3 Å². The summed E-state index contributed by atoms with van der Waals surface area (Å²) in [5.41, 5.74) is 3.75. The number of rotatable bonds is 2. The van der Waals surface area contributed by atoms with Gasteiger partial charge in [0, 0.05) is 30.5 Å². The summed E-state index contributed by atoms with van der Waals surface area (Å²) in [4.78, 5) is 11.2. The molecule has 1 N–H and O–H groups in total. The van der Waals surface area contributed by atoms with E-state index in [1.54, 1.807) is 0 Å². The van der Waals surface area contributed by atoms with Crippen LogP contribution in [-0.2, 0) is 6.42 Å². The van der Waals surface area contributed by atoms with Crippen LogP contribution < -0.4 is 10.2 Å². The van der Waals surface area contributed by atoms with Gasteiger partial charge in [0.25, 0.3) is 0 Å². The molecule has 4 nitrogen and oxygen atoms in total. The van der Waals surface area contributed by atoms with Gasteiger partial charge in [0.15, 0.2) is 0 Å². The van der Waals surface area contributed by atoms with E-state index in [4.69, 9.17) is 0 Å². The van der Waals surface area contributed by atoms with Gasteiger partial charge in [0.05, 0.1) is 0 Å². The van der Waals surface area contributed by atoms with Crippen LogP contribution in [0.4, 0.5) is 17.5 Å². The highest BCUT2D eigenvalue weighted by atomic mass is 15.3. The van der Waals surface area contributed by atoms with Crippen LogP contribution in [0, 0.1) is 6.92 Å². The molecular weight excluding hydrogens is 236 g/mol. The zero-order valence-electron chi connectivity index (χ0n) is 11.5. The average Bonchev–Trinajstić information content (AvgIpc) is 2.75. The van der Waals surface area contributed by atoms with Crippen LogP contribution in [0.5, 0.6) is 0 Å². The zero-order valence-corrected chi connectivity index (χ0v) is 11.5. The molecular formula is C15H18N4. The van der Waals surface area contributed by atoms with Crippen LogP contribution >= 0.6 is 0 Å². The van der Waals surface area contributed by atoms with Crippen molar-refractivity contribution in [2.24, 2.45) is 0 Å². The first-order valence-electron chi connectivity index (χ1n) is 6.59.